The number of benzene rings is 2. The van der Waals surface area contributed by atoms with Crippen LogP contribution in [0.15, 0.2) is 84.7 Å². The molecule has 0 bridgehead atoms. The number of aliphatic hydroxyl groups excluding tert-OH is 2. The van der Waals surface area contributed by atoms with Crippen LogP contribution in [0, 0.1) is 11.6 Å². The topological polar surface area (TPSA) is 55.9 Å². The maximum Gasteiger partial charge on any atom is 0.207 e. The fraction of sp³-hybridized carbons (Fsp3) is 0.321. The van der Waals surface area contributed by atoms with Crippen LogP contribution in [0.3, 0.4) is 0 Å². The maximum atomic E-state index is 13.7. The quantitative estimate of drug-likeness (QED) is 0.589. The van der Waals surface area contributed by atoms with Crippen molar-refractivity contribution in [1.82, 2.24) is 4.90 Å². The molecule has 184 valence electrons. The molecule has 0 spiro atoms. The molecule has 1 aliphatic heterocycles. The maximum absolute atomic E-state index is 13.7. The van der Waals surface area contributed by atoms with Gasteiger partial charge in [0.25, 0.3) is 0 Å². The van der Waals surface area contributed by atoms with Crippen molar-refractivity contribution >= 4 is 5.71 Å². The van der Waals surface area contributed by atoms with Gasteiger partial charge < -0.3 is 14.9 Å². The van der Waals surface area contributed by atoms with Crippen molar-refractivity contribution in [2.45, 2.75) is 25.1 Å². The monoisotopic (exact) mass is 481 g/mol. The van der Waals surface area contributed by atoms with E-state index in [4.69, 9.17) is 9.84 Å². The molecule has 2 aliphatic rings. The highest BCUT2D eigenvalue weighted by Gasteiger charge is 2.39. The molecule has 0 saturated carbocycles. The van der Waals surface area contributed by atoms with Gasteiger partial charge in [0.2, 0.25) is 5.71 Å². The fourth-order valence-electron chi connectivity index (χ4n) is 4.78. The van der Waals surface area contributed by atoms with Gasteiger partial charge in [-0.15, -0.1) is 0 Å². The lowest BCUT2D eigenvalue weighted by Gasteiger charge is -2.37. The number of halogens is 2. The molecule has 2 aromatic rings. The Morgan fingerprint density at radius 2 is 1.71 bits per heavy atom. The lowest BCUT2D eigenvalue weighted by Crippen LogP contribution is -2.52. The van der Waals surface area contributed by atoms with Crippen LogP contribution in [-0.2, 0) is 4.74 Å². The van der Waals surface area contributed by atoms with Crippen molar-refractivity contribution in [3.8, 4) is 0 Å². The minimum Gasteiger partial charge on any atom is -0.491 e. The summed E-state index contributed by atoms with van der Waals surface area (Å²) in [6, 6.07) is 12.4. The lowest BCUT2D eigenvalue weighted by molar-refractivity contribution is -0.616. The molecule has 0 aromatic heterocycles. The first-order valence-corrected chi connectivity index (χ1v) is 11.7. The van der Waals surface area contributed by atoms with Crippen molar-refractivity contribution in [3.05, 3.63) is 107 Å². The van der Waals surface area contributed by atoms with Crippen LogP contribution in [0.1, 0.15) is 30.2 Å². The summed E-state index contributed by atoms with van der Waals surface area (Å²) < 4.78 is 34.8. The Bertz CT molecular complexity index is 1140. The number of hydrogen-bond acceptors (Lipinski definition) is 4. The van der Waals surface area contributed by atoms with Crippen molar-refractivity contribution in [2.75, 3.05) is 32.8 Å². The number of allylic oxidation sites excluding steroid dienone is 4. The van der Waals surface area contributed by atoms with E-state index >= 15 is 0 Å². The average Bonchev–Trinajstić information content (AvgIpc) is 2.84. The summed E-state index contributed by atoms with van der Waals surface area (Å²) in [5.74, 6) is 0.00661. The zero-order valence-corrected chi connectivity index (χ0v) is 19.8. The van der Waals surface area contributed by atoms with Gasteiger partial charge in [-0.25, -0.2) is 13.4 Å². The molecular weight excluding hydrogens is 450 g/mol. The van der Waals surface area contributed by atoms with Gasteiger partial charge in [0, 0.05) is 23.8 Å². The van der Waals surface area contributed by atoms with Gasteiger partial charge in [0.05, 0.1) is 25.8 Å². The van der Waals surface area contributed by atoms with Gasteiger partial charge in [-0.05, 0) is 61.0 Å². The Morgan fingerprint density at radius 3 is 2.34 bits per heavy atom. The van der Waals surface area contributed by atoms with Crippen molar-refractivity contribution < 1.29 is 28.3 Å². The van der Waals surface area contributed by atoms with Gasteiger partial charge in [0.1, 0.15) is 24.0 Å². The summed E-state index contributed by atoms with van der Waals surface area (Å²) in [6.07, 6.45) is 4.92. The molecule has 1 fully saturated rings. The highest BCUT2D eigenvalue weighted by atomic mass is 19.1. The van der Waals surface area contributed by atoms with E-state index in [1.54, 1.807) is 24.3 Å². The second-order valence-corrected chi connectivity index (χ2v) is 8.97. The standard InChI is InChI=1S/C28H31F2N2O3/c1-19-15-25(35-14-13-33)11-12-26(19)32-20(2)16-31(17-27(32)21-3-7-23(29)8-4-21)18-28(34)22-5-9-24(30)10-6-22/h3-12,15,20,27-28,33-34H,1,13-14,16-18H2,2H3/q+1/t20-,27+,28-/m1/s1. The number of hydrogen-bond donors (Lipinski definition) is 2. The van der Waals surface area contributed by atoms with E-state index in [1.165, 1.54) is 24.3 Å². The van der Waals surface area contributed by atoms with Crippen LogP contribution in [0.2, 0.25) is 0 Å². The van der Waals surface area contributed by atoms with Gasteiger partial charge >= 0.3 is 0 Å². The fourth-order valence-corrected chi connectivity index (χ4v) is 4.78. The first-order chi connectivity index (χ1) is 16.9. The summed E-state index contributed by atoms with van der Waals surface area (Å²) in [5.41, 5.74) is 3.36. The normalized spacial score (nSPS) is 23.8. The number of ether oxygens (including phenoxy) is 1. The minimum absolute atomic E-state index is 0.0592. The number of rotatable bonds is 7. The average molecular weight is 482 g/mol. The Morgan fingerprint density at radius 1 is 1.06 bits per heavy atom. The Balaban J connectivity index is 1.62. The SMILES string of the molecule is C=C1C=C(OCCO)C=CC1=[N+]1[C@H](C)CN(C[C@@H](O)c2ccc(F)cc2)C[C@H]1c1ccc(F)cc1. The molecule has 0 unspecified atom stereocenters. The second kappa shape index (κ2) is 11.1. The summed E-state index contributed by atoms with van der Waals surface area (Å²) in [6.45, 7) is 8.18. The third-order valence-corrected chi connectivity index (χ3v) is 6.39. The van der Waals surface area contributed by atoms with Crippen LogP contribution in [0.25, 0.3) is 0 Å². The highest BCUT2D eigenvalue weighted by molar-refractivity contribution is 6.08. The summed E-state index contributed by atoms with van der Waals surface area (Å²) in [7, 11) is 0. The van der Waals surface area contributed by atoms with E-state index in [0.717, 1.165) is 16.8 Å². The Labute approximate surface area is 204 Å². The van der Waals surface area contributed by atoms with E-state index in [9.17, 15) is 13.9 Å². The zero-order valence-electron chi connectivity index (χ0n) is 19.8. The van der Waals surface area contributed by atoms with Crippen molar-refractivity contribution in [2.24, 2.45) is 0 Å². The number of nitrogens with zero attached hydrogens (tertiary/aromatic N) is 2. The first kappa shape index (κ1) is 25.0. The molecule has 5 nitrogen and oxygen atoms in total. The second-order valence-electron chi connectivity index (χ2n) is 8.97. The Hall–Kier alpha value is -3.13. The minimum atomic E-state index is -0.755. The molecular formula is C28H31F2N2O3+. The molecule has 35 heavy (non-hydrogen) atoms. The molecule has 2 N–H and O–H groups in total. The lowest BCUT2D eigenvalue weighted by atomic mass is 9.96. The molecule has 7 heteroatoms. The van der Waals surface area contributed by atoms with E-state index in [-0.39, 0.29) is 36.9 Å². The summed E-state index contributed by atoms with van der Waals surface area (Å²) >= 11 is 0. The zero-order chi connectivity index (χ0) is 24.9. The molecule has 1 heterocycles. The van der Waals surface area contributed by atoms with Crippen LogP contribution in [0.4, 0.5) is 8.78 Å². The van der Waals surface area contributed by atoms with Crippen LogP contribution in [-0.4, -0.2) is 64.3 Å². The molecule has 1 saturated heterocycles. The summed E-state index contributed by atoms with van der Waals surface area (Å²) in [4.78, 5) is 2.19. The third-order valence-electron chi connectivity index (χ3n) is 6.39. The molecule has 4 rings (SSSR count). The predicted molar refractivity (Wildman–Crippen MR) is 131 cm³/mol. The largest absolute Gasteiger partial charge is 0.491 e. The first-order valence-electron chi connectivity index (χ1n) is 11.7. The number of β-amino-alcohol motifs (C(OH)–C–C–N with tert-alkyl or cyclic N) is 1. The number of aliphatic hydroxyl groups is 2. The Kier molecular flexibility index (Phi) is 7.90. The van der Waals surface area contributed by atoms with Gasteiger partial charge in [-0.1, -0.05) is 18.7 Å². The van der Waals surface area contributed by atoms with Crippen LogP contribution in [0.5, 0.6) is 0 Å². The van der Waals surface area contributed by atoms with E-state index in [0.29, 0.717) is 31.0 Å². The molecule has 1 aliphatic carbocycles. The molecule has 2 aromatic carbocycles. The van der Waals surface area contributed by atoms with Crippen LogP contribution >= 0.6 is 0 Å². The highest BCUT2D eigenvalue weighted by Crippen LogP contribution is 2.29. The van der Waals surface area contributed by atoms with Crippen LogP contribution < -0.4 is 0 Å². The predicted octanol–water partition coefficient (Wildman–Crippen LogP) is 3.92. The van der Waals surface area contributed by atoms with E-state index in [2.05, 4.69) is 23.0 Å². The van der Waals surface area contributed by atoms with Gasteiger partial charge in [-0.3, -0.25) is 4.90 Å². The third kappa shape index (κ3) is 5.93. The van der Waals surface area contributed by atoms with Gasteiger partial charge in [0.15, 0.2) is 12.1 Å². The molecule has 0 radical (unpaired) electrons. The van der Waals surface area contributed by atoms with Crippen molar-refractivity contribution in [3.63, 3.8) is 0 Å². The van der Waals surface area contributed by atoms with E-state index in [1.807, 2.05) is 18.2 Å². The molecule has 0 amide bonds. The smallest absolute Gasteiger partial charge is 0.207 e. The van der Waals surface area contributed by atoms with Crippen molar-refractivity contribution in [1.29, 1.82) is 0 Å². The number of piperazine rings is 1. The van der Waals surface area contributed by atoms with Gasteiger partial charge in [-0.2, -0.15) is 0 Å². The summed E-state index contributed by atoms with van der Waals surface area (Å²) in [5, 5.41) is 19.8. The molecule has 3 atom stereocenters. The van der Waals surface area contributed by atoms with E-state index < -0.39 is 6.10 Å².